The van der Waals surface area contributed by atoms with Gasteiger partial charge in [-0.2, -0.15) is 5.21 Å². The quantitative estimate of drug-likeness (QED) is 0.679. The monoisotopic (exact) mass is 167 g/mol. The van der Waals surface area contributed by atoms with Gasteiger partial charge in [-0.1, -0.05) is 12.6 Å². The Labute approximate surface area is 69.0 Å². The molecule has 12 heavy (non-hydrogen) atoms. The molecule has 0 aromatic carbocycles. The molecule has 64 valence electrons. The van der Waals surface area contributed by atoms with E-state index in [1.165, 1.54) is 0 Å². The number of aromatic amines is 1. The molecule has 1 N–H and O–H groups in total. The topological polar surface area (TPSA) is 80.5 Å². The number of tetrazole rings is 1. The summed E-state index contributed by atoms with van der Waals surface area (Å²) < 4.78 is 4.82. The van der Waals surface area contributed by atoms with Crippen LogP contribution in [0.1, 0.15) is 13.2 Å². The van der Waals surface area contributed by atoms with Gasteiger partial charge in [-0.3, -0.25) is 0 Å². The maximum atomic E-state index is 4.82. The van der Waals surface area contributed by atoms with Crippen molar-refractivity contribution in [2.75, 3.05) is 0 Å². The molecule has 0 fully saturated rings. The van der Waals surface area contributed by atoms with Crippen LogP contribution in [0.5, 0.6) is 0 Å². The van der Waals surface area contributed by atoms with Crippen molar-refractivity contribution >= 4 is 0 Å². The minimum absolute atomic E-state index is 0. The molecule has 0 atom stereocenters. The Morgan fingerprint density at radius 1 is 1.50 bits per heavy atom. The number of rotatable bonds is 1. The number of H-pyrrole nitrogens is 1. The van der Waals surface area contributed by atoms with Crippen LogP contribution >= 0.6 is 0 Å². The molecule has 0 aliphatic rings. The zero-order chi connectivity index (χ0) is 7.68. The molecule has 2 aromatic heterocycles. The molecule has 0 saturated carbocycles. The molecule has 2 rings (SSSR count). The van der Waals surface area contributed by atoms with Crippen LogP contribution in [-0.4, -0.2) is 25.8 Å². The lowest BCUT2D eigenvalue weighted by Gasteiger charge is -1.76. The highest BCUT2D eigenvalue weighted by Gasteiger charge is 2.06. The second-order valence-corrected chi connectivity index (χ2v) is 2.06. The van der Waals surface area contributed by atoms with E-state index in [4.69, 9.17) is 4.52 Å². The Balaban J connectivity index is 0.000000720. The summed E-state index contributed by atoms with van der Waals surface area (Å²) in [6.45, 7) is 1.80. The van der Waals surface area contributed by atoms with Crippen molar-refractivity contribution in [2.45, 2.75) is 14.4 Å². The van der Waals surface area contributed by atoms with E-state index >= 15 is 0 Å². The smallest absolute Gasteiger partial charge is 0.226 e. The molecule has 0 aliphatic heterocycles. The fourth-order valence-corrected chi connectivity index (χ4v) is 0.742. The van der Waals surface area contributed by atoms with Crippen LogP contribution in [0.2, 0.25) is 0 Å². The van der Waals surface area contributed by atoms with Gasteiger partial charge in [-0.25, -0.2) is 0 Å². The normalized spacial score (nSPS) is 9.42. The van der Waals surface area contributed by atoms with Crippen LogP contribution in [0.15, 0.2) is 10.6 Å². The van der Waals surface area contributed by atoms with Crippen molar-refractivity contribution < 1.29 is 4.52 Å². The van der Waals surface area contributed by atoms with Gasteiger partial charge in [-0.15, -0.1) is 10.2 Å². The number of aryl methyl sites for hydroxylation is 1. The summed E-state index contributed by atoms with van der Waals surface area (Å²) in [6.07, 6.45) is 0. The van der Waals surface area contributed by atoms with Crippen LogP contribution in [-0.2, 0) is 0 Å². The van der Waals surface area contributed by atoms with E-state index in [1.807, 2.05) is 0 Å². The van der Waals surface area contributed by atoms with Crippen LogP contribution in [0.4, 0.5) is 0 Å². The van der Waals surface area contributed by atoms with E-state index in [9.17, 15) is 0 Å². The Hall–Kier alpha value is -1.72. The highest BCUT2D eigenvalue weighted by molar-refractivity contribution is 5.46. The van der Waals surface area contributed by atoms with Crippen molar-refractivity contribution in [1.29, 1.82) is 0 Å². The third-order valence-corrected chi connectivity index (χ3v) is 1.20. The average Bonchev–Trinajstić information content (AvgIpc) is 2.55. The molecule has 2 heterocycles. The first-order chi connectivity index (χ1) is 5.36. The van der Waals surface area contributed by atoms with E-state index in [2.05, 4.69) is 25.8 Å². The van der Waals surface area contributed by atoms with E-state index in [-0.39, 0.29) is 7.43 Å². The van der Waals surface area contributed by atoms with Gasteiger partial charge in [0, 0.05) is 6.07 Å². The highest BCUT2D eigenvalue weighted by Crippen LogP contribution is 2.11. The number of nitrogens with one attached hydrogen (secondary N) is 1. The zero-order valence-electron chi connectivity index (χ0n) is 5.77. The van der Waals surface area contributed by atoms with E-state index in [1.54, 1.807) is 13.0 Å². The fourth-order valence-electron chi connectivity index (χ4n) is 0.742. The summed E-state index contributed by atoms with van der Waals surface area (Å²) in [4.78, 5) is 0. The van der Waals surface area contributed by atoms with Crippen LogP contribution < -0.4 is 0 Å². The summed E-state index contributed by atoms with van der Waals surface area (Å²) in [7, 11) is 0. The maximum absolute atomic E-state index is 4.82. The van der Waals surface area contributed by atoms with Gasteiger partial charge in [0.05, 0.1) is 0 Å². The Bertz CT molecular complexity index is 338. The Kier molecular flexibility index (Phi) is 2.18. The first kappa shape index (κ1) is 8.38. The summed E-state index contributed by atoms with van der Waals surface area (Å²) in [5.74, 6) is 1.17. The summed E-state index contributed by atoms with van der Waals surface area (Å²) in [5.41, 5.74) is 0.594. The van der Waals surface area contributed by atoms with Gasteiger partial charge in [0.15, 0.2) is 5.69 Å². The number of hydrogen-bond acceptors (Lipinski definition) is 5. The minimum Gasteiger partial charge on any atom is -0.361 e. The second kappa shape index (κ2) is 3.12. The molecular formula is C6H9N5O. The van der Waals surface area contributed by atoms with E-state index in [0.717, 1.165) is 5.76 Å². The molecule has 0 amide bonds. The number of hydrogen-bond donors (Lipinski definition) is 1. The van der Waals surface area contributed by atoms with Crippen molar-refractivity contribution in [3.63, 3.8) is 0 Å². The van der Waals surface area contributed by atoms with Gasteiger partial charge in [0.2, 0.25) is 5.82 Å². The standard InChI is InChI=1S/C5H5N5O.CH4/c1-3-2-4(8-11-3)5-6-9-10-7-5;/h2H,1H3,(H,6,7,9,10);1H4. The third kappa shape index (κ3) is 1.31. The summed E-state index contributed by atoms with van der Waals surface area (Å²) >= 11 is 0. The largest absolute Gasteiger partial charge is 0.361 e. The van der Waals surface area contributed by atoms with Crippen LogP contribution in [0, 0.1) is 6.92 Å². The first-order valence-electron chi connectivity index (χ1n) is 3.03. The molecule has 0 unspecified atom stereocenters. The SMILES string of the molecule is C.Cc1cc(-c2nn[nH]n2)no1. The molecule has 2 aromatic rings. The average molecular weight is 167 g/mol. The van der Waals surface area contributed by atoms with Gasteiger partial charge in [0.25, 0.3) is 0 Å². The lowest BCUT2D eigenvalue weighted by Crippen LogP contribution is -1.78. The highest BCUT2D eigenvalue weighted by atomic mass is 16.5. The first-order valence-corrected chi connectivity index (χ1v) is 3.03. The number of aromatic nitrogens is 5. The van der Waals surface area contributed by atoms with Gasteiger partial charge >= 0.3 is 0 Å². The van der Waals surface area contributed by atoms with Crippen molar-refractivity contribution in [1.82, 2.24) is 25.8 Å². The van der Waals surface area contributed by atoms with Gasteiger partial charge < -0.3 is 4.52 Å². The lowest BCUT2D eigenvalue weighted by atomic mass is 10.4. The summed E-state index contributed by atoms with van der Waals surface area (Å²) in [6, 6.07) is 1.74. The predicted molar refractivity (Wildman–Crippen MR) is 41.1 cm³/mol. The molecule has 6 heteroatoms. The molecule has 0 saturated heterocycles. The van der Waals surface area contributed by atoms with Crippen molar-refractivity contribution in [3.05, 3.63) is 11.8 Å². The second-order valence-electron chi connectivity index (χ2n) is 2.06. The fraction of sp³-hybridized carbons (Fsp3) is 0.333. The minimum atomic E-state index is 0. The molecule has 0 bridgehead atoms. The van der Waals surface area contributed by atoms with E-state index in [0.29, 0.717) is 11.5 Å². The molecular weight excluding hydrogens is 158 g/mol. The van der Waals surface area contributed by atoms with Gasteiger partial charge in [0.1, 0.15) is 5.76 Å². The molecule has 0 aliphatic carbocycles. The molecule has 6 nitrogen and oxygen atoms in total. The Morgan fingerprint density at radius 2 is 2.33 bits per heavy atom. The summed E-state index contributed by atoms with van der Waals surface area (Å²) in [5, 5.41) is 16.9. The third-order valence-electron chi connectivity index (χ3n) is 1.20. The number of nitrogens with zero attached hydrogens (tertiary/aromatic N) is 4. The maximum Gasteiger partial charge on any atom is 0.226 e. The van der Waals surface area contributed by atoms with Gasteiger partial charge in [-0.05, 0) is 12.1 Å². The lowest BCUT2D eigenvalue weighted by molar-refractivity contribution is 0.399. The zero-order valence-corrected chi connectivity index (χ0v) is 5.77. The van der Waals surface area contributed by atoms with E-state index < -0.39 is 0 Å². The Morgan fingerprint density at radius 3 is 2.83 bits per heavy atom. The van der Waals surface area contributed by atoms with Crippen molar-refractivity contribution in [3.8, 4) is 11.5 Å². The molecule has 0 spiro atoms. The van der Waals surface area contributed by atoms with Crippen LogP contribution in [0.3, 0.4) is 0 Å². The predicted octanol–water partition coefficient (Wildman–Crippen LogP) is 0.799. The van der Waals surface area contributed by atoms with Crippen LogP contribution in [0.25, 0.3) is 11.5 Å². The molecule has 0 radical (unpaired) electrons. The van der Waals surface area contributed by atoms with Crippen molar-refractivity contribution in [2.24, 2.45) is 0 Å².